The van der Waals surface area contributed by atoms with Gasteiger partial charge in [-0.05, 0) is 37.5 Å². The van der Waals surface area contributed by atoms with E-state index in [9.17, 15) is 14.7 Å². The van der Waals surface area contributed by atoms with Crippen LogP contribution in [0.2, 0.25) is 0 Å². The van der Waals surface area contributed by atoms with Gasteiger partial charge in [-0.15, -0.1) is 0 Å². The molecule has 0 aromatic carbocycles. The van der Waals surface area contributed by atoms with E-state index in [-0.39, 0.29) is 18.1 Å². The number of piperidine rings is 1. The monoisotopic (exact) mass is 296 g/mol. The summed E-state index contributed by atoms with van der Waals surface area (Å²) in [6.45, 7) is 1.89. The summed E-state index contributed by atoms with van der Waals surface area (Å²) in [6, 6.07) is -0.744. The van der Waals surface area contributed by atoms with Crippen LogP contribution in [-0.4, -0.2) is 65.8 Å². The SMILES string of the molecule is COC1CCCN(C(=O)N2CC3CCCC3C2C(=O)O)C1. The molecule has 21 heavy (non-hydrogen) atoms. The van der Waals surface area contributed by atoms with Gasteiger partial charge in [0, 0.05) is 26.7 Å². The molecule has 3 rings (SSSR count). The third kappa shape index (κ3) is 2.61. The van der Waals surface area contributed by atoms with Crippen LogP contribution in [0, 0.1) is 11.8 Å². The van der Waals surface area contributed by atoms with Crippen LogP contribution < -0.4 is 0 Å². The number of aliphatic carboxylic acids is 1. The second kappa shape index (κ2) is 5.83. The van der Waals surface area contributed by atoms with E-state index in [0.717, 1.165) is 32.1 Å². The Labute approximate surface area is 125 Å². The van der Waals surface area contributed by atoms with Crippen LogP contribution in [0.3, 0.4) is 0 Å². The van der Waals surface area contributed by atoms with E-state index >= 15 is 0 Å². The number of methoxy groups -OCH3 is 1. The van der Waals surface area contributed by atoms with Crippen molar-refractivity contribution in [1.82, 2.24) is 9.80 Å². The van der Waals surface area contributed by atoms with Crippen molar-refractivity contribution in [3.63, 3.8) is 0 Å². The number of carbonyl (C=O) groups excluding carboxylic acids is 1. The molecule has 6 heteroatoms. The summed E-state index contributed by atoms with van der Waals surface area (Å²) in [5.74, 6) is -0.328. The molecule has 0 spiro atoms. The van der Waals surface area contributed by atoms with Crippen LogP contribution >= 0.6 is 0 Å². The predicted molar refractivity (Wildman–Crippen MR) is 76.0 cm³/mol. The number of carboxylic acid groups (broad SMARTS) is 1. The van der Waals surface area contributed by atoms with Gasteiger partial charge in [-0.1, -0.05) is 6.42 Å². The standard InChI is InChI=1S/C15H24N2O4/c1-21-11-5-3-7-16(9-11)15(20)17-8-10-4-2-6-12(10)13(17)14(18)19/h10-13H,2-9H2,1H3,(H,18,19). The van der Waals surface area contributed by atoms with E-state index in [4.69, 9.17) is 4.74 Å². The highest BCUT2D eigenvalue weighted by molar-refractivity contribution is 5.84. The van der Waals surface area contributed by atoms with E-state index in [0.29, 0.717) is 25.6 Å². The molecule has 1 aliphatic carbocycles. The quantitative estimate of drug-likeness (QED) is 0.836. The molecule has 2 aliphatic heterocycles. The average Bonchev–Trinajstić information content (AvgIpc) is 3.06. The molecule has 3 fully saturated rings. The van der Waals surface area contributed by atoms with Crippen molar-refractivity contribution in [2.45, 2.75) is 44.2 Å². The molecule has 3 aliphatic rings. The zero-order valence-electron chi connectivity index (χ0n) is 12.5. The minimum Gasteiger partial charge on any atom is -0.480 e. The summed E-state index contributed by atoms with van der Waals surface area (Å²) >= 11 is 0. The number of amides is 2. The Bertz CT molecular complexity index is 428. The number of rotatable bonds is 2. The number of hydrogen-bond donors (Lipinski definition) is 1. The first-order chi connectivity index (χ1) is 10.1. The fourth-order valence-electron chi connectivity index (χ4n) is 4.30. The van der Waals surface area contributed by atoms with Crippen molar-refractivity contribution in [2.75, 3.05) is 26.7 Å². The highest BCUT2D eigenvalue weighted by Gasteiger charge is 2.50. The van der Waals surface area contributed by atoms with Gasteiger partial charge in [-0.2, -0.15) is 0 Å². The number of ether oxygens (including phenoxy) is 1. The van der Waals surface area contributed by atoms with E-state index < -0.39 is 12.0 Å². The third-order valence-electron chi connectivity index (χ3n) is 5.37. The summed E-state index contributed by atoms with van der Waals surface area (Å²) in [7, 11) is 1.67. The Balaban J connectivity index is 1.72. The molecule has 2 amide bonds. The maximum absolute atomic E-state index is 12.7. The molecule has 1 N–H and O–H groups in total. The Morgan fingerprint density at radius 3 is 2.67 bits per heavy atom. The van der Waals surface area contributed by atoms with E-state index in [1.807, 2.05) is 0 Å². The first kappa shape index (κ1) is 14.6. The zero-order chi connectivity index (χ0) is 15.0. The highest BCUT2D eigenvalue weighted by Crippen LogP contribution is 2.42. The minimum atomic E-state index is -0.849. The van der Waals surface area contributed by atoms with Crippen LogP contribution in [-0.2, 0) is 9.53 Å². The summed E-state index contributed by atoms with van der Waals surface area (Å²) in [5, 5.41) is 9.54. The van der Waals surface area contributed by atoms with Crippen LogP contribution in [0.1, 0.15) is 32.1 Å². The highest BCUT2D eigenvalue weighted by atomic mass is 16.5. The van der Waals surface area contributed by atoms with Gasteiger partial charge in [0.2, 0.25) is 0 Å². The smallest absolute Gasteiger partial charge is 0.326 e. The summed E-state index contributed by atoms with van der Waals surface area (Å²) < 4.78 is 5.35. The topological polar surface area (TPSA) is 70.1 Å². The molecule has 2 saturated heterocycles. The van der Waals surface area contributed by atoms with Crippen LogP contribution in [0.5, 0.6) is 0 Å². The number of urea groups is 1. The van der Waals surface area contributed by atoms with Crippen LogP contribution in [0.15, 0.2) is 0 Å². The summed E-state index contributed by atoms with van der Waals surface area (Å²) in [4.78, 5) is 27.7. The number of carboxylic acids is 1. The van der Waals surface area contributed by atoms with Gasteiger partial charge in [-0.3, -0.25) is 0 Å². The zero-order valence-corrected chi connectivity index (χ0v) is 12.5. The molecule has 0 radical (unpaired) electrons. The average molecular weight is 296 g/mol. The lowest BCUT2D eigenvalue weighted by Gasteiger charge is -2.36. The Kier molecular flexibility index (Phi) is 4.06. The fraction of sp³-hybridized carbons (Fsp3) is 0.867. The van der Waals surface area contributed by atoms with Crippen molar-refractivity contribution >= 4 is 12.0 Å². The Morgan fingerprint density at radius 1 is 1.14 bits per heavy atom. The van der Waals surface area contributed by atoms with Crippen molar-refractivity contribution in [3.05, 3.63) is 0 Å². The first-order valence-electron chi connectivity index (χ1n) is 7.93. The van der Waals surface area contributed by atoms with E-state index in [2.05, 4.69) is 0 Å². The van der Waals surface area contributed by atoms with Crippen molar-refractivity contribution in [2.24, 2.45) is 11.8 Å². The second-order valence-electron chi connectivity index (χ2n) is 6.52. The predicted octanol–water partition coefficient (Wildman–Crippen LogP) is 1.40. The molecule has 4 unspecified atom stereocenters. The van der Waals surface area contributed by atoms with Gasteiger partial charge in [-0.25, -0.2) is 9.59 Å². The molecule has 4 atom stereocenters. The van der Waals surface area contributed by atoms with Crippen molar-refractivity contribution < 1.29 is 19.4 Å². The van der Waals surface area contributed by atoms with Gasteiger partial charge in [0.25, 0.3) is 0 Å². The molecule has 0 aromatic heterocycles. The van der Waals surface area contributed by atoms with Gasteiger partial charge < -0.3 is 19.6 Å². The Morgan fingerprint density at radius 2 is 1.95 bits per heavy atom. The normalized spacial score (nSPS) is 35.9. The van der Waals surface area contributed by atoms with Gasteiger partial charge in [0.15, 0.2) is 0 Å². The lowest BCUT2D eigenvalue weighted by atomic mass is 9.94. The number of carbonyl (C=O) groups is 2. The van der Waals surface area contributed by atoms with E-state index in [1.54, 1.807) is 16.9 Å². The molecule has 0 aromatic rings. The lowest BCUT2D eigenvalue weighted by Crippen LogP contribution is -2.53. The second-order valence-corrected chi connectivity index (χ2v) is 6.52. The first-order valence-corrected chi connectivity index (χ1v) is 7.93. The van der Waals surface area contributed by atoms with Gasteiger partial charge in [0.1, 0.15) is 6.04 Å². The molecular weight excluding hydrogens is 272 g/mol. The number of hydrogen-bond acceptors (Lipinski definition) is 3. The third-order valence-corrected chi connectivity index (χ3v) is 5.37. The Hall–Kier alpha value is -1.30. The largest absolute Gasteiger partial charge is 0.480 e. The lowest BCUT2D eigenvalue weighted by molar-refractivity contribution is -0.142. The van der Waals surface area contributed by atoms with Crippen LogP contribution in [0.25, 0.3) is 0 Å². The maximum Gasteiger partial charge on any atom is 0.326 e. The number of likely N-dealkylation sites (tertiary alicyclic amines) is 2. The minimum absolute atomic E-state index is 0.0769. The summed E-state index contributed by atoms with van der Waals surface area (Å²) in [5.41, 5.74) is 0. The molecule has 118 valence electrons. The van der Waals surface area contributed by atoms with Crippen molar-refractivity contribution in [3.8, 4) is 0 Å². The molecule has 0 bridgehead atoms. The van der Waals surface area contributed by atoms with Crippen molar-refractivity contribution in [1.29, 1.82) is 0 Å². The van der Waals surface area contributed by atoms with Gasteiger partial charge in [0.05, 0.1) is 6.10 Å². The summed E-state index contributed by atoms with van der Waals surface area (Å²) in [6.07, 6.45) is 5.05. The fourth-order valence-corrected chi connectivity index (χ4v) is 4.30. The molecule has 6 nitrogen and oxygen atoms in total. The van der Waals surface area contributed by atoms with E-state index in [1.165, 1.54) is 0 Å². The maximum atomic E-state index is 12.7. The number of fused-ring (bicyclic) bond motifs is 1. The number of nitrogens with zero attached hydrogens (tertiary/aromatic N) is 2. The van der Waals surface area contributed by atoms with Gasteiger partial charge >= 0.3 is 12.0 Å². The molecular formula is C15H24N2O4. The molecule has 1 saturated carbocycles. The van der Waals surface area contributed by atoms with Crippen LogP contribution in [0.4, 0.5) is 4.79 Å². The molecule has 2 heterocycles.